The van der Waals surface area contributed by atoms with Crippen LogP contribution in [0.3, 0.4) is 0 Å². The van der Waals surface area contributed by atoms with Crippen molar-refractivity contribution in [3.8, 4) is 0 Å². The second-order valence-corrected chi connectivity index (χ2v) is 8.84. The Morgan fingerprint density at radius 3 is 2.62 bits per heavy atom. The Labute approximate surface area is 189 Å². The molecule has 0 aliphatic heterocycles. The number of nitrogens with zero attached hydrogens (tertiary/aromatic N) is 2. The van der Waals surface area contributed by atoms with Gasteiger partial charge < -0.3 is 15.0 Å². The van der Waals surface area contributed by atoms with Gasteiger partial charge in [-0.2, -0.15) is 0 Å². The van der Waals surface area contributed by atoms with E-state index in [1.165, 1.54) is 48.0 Å². The summed E-state index contributed by atoms with van der Waals surface area (Å²) in [6.45, 7) is 0.764. The average Bonchev–Trinajstić information content (AvgIpc) is 3.62. The number of aryl methyl sites for hydroxylation is 1. The van der Waals surface area contributed by atoms with Crippen molar-refractivity contribution in [1.29, 1.82) is 0 Å². The second-order valence-electron chi connectivity index (χ2n) is 8.84. The summed E-state index contributed by atoms with van der Waals surface area (Å²) in [5, 5.41) is 3.42. The Morgan fingerprint density at radius 2 is 1.88 bits per heavy atom. The minimum atomic E-state index is -0.348. The normalized spacial score (nSPS) is 17.0. The van der Waals surface area contributed by atoms with Crippen molar-refractivity contribution in [2.75, 3.05) is 30.9 Å². The number of nitrogens with one attached hydrogen (secondary N) is 1. The molecule has 1 heterocycles. The number of methoxy groups -OCH3 is 1. The third-order valence-corrected chi connectivity index (χ3v) is 6.81. The van der Waals surface area contributed by atoms with Gasteiger partial charge in [-0.05, 0) is 78.6 Å². The van der Waals surface area contributed by atoms with Gasteiger partial charge in [-0.25, -0.2) is 4.79 Å². The van der Waals surface area contributed by atoms with Crippen LogP contribution in [0.1, 0.15) is 58.1 Å². The van der Waals surface area contributed by atoms with E-state index in [1.807, 2.05) is 0 Å². The van der Waals surface area contributed by atoms with Gasteiger partial charge in [-0.3, -0.25) is 4.98 Å². The maximum Gasteiger partial charge on any atom is 0.340 e. The molecule has 0 amide bonds. The molecule has 0 radical (unpaired) electrons. The number of hydrogen-bond donors (Lipinski definition) is 1. The van der Waals surface area contributed by atoms with Crippen LogP contribution < -0.4 is 10.2 Å². The lowest BCUT2D eigenvalue weighted by Gasteiger charge is -2.21. The highest BCUT2D eigenvalue weighted by Crippen LogP contribution is 2.41. The maximum atomic E-state index is 12.0. The number of aromatic nitrogens is 1. The topological polar surface area (TPSA) is 54.5 Å². The van der Waals surface area contributed by atoms with Gasteiger partial charge in [-0.15, -0.1) is 0 Å². The van der Waals surface area contributed by atoms with Crippen LogP contribution in [-0.2, 0) is 11.2 Å². The SMILES string of the molecule is COC(=O)c1ccncc1NCC1CCc2cc(N(C)c3ccc(C4CC4)cc3)ccc21. The highest BCUT2D eigenvalue weighted by Gasteiger charge is 2.25. The average molecular weight is 428 g/mol. The van der Waals surface area contributed by atoms with Crippen LogP contribution in [0.15, 0.2) is 60.9 Å². The van der Waals surface area contributed by atoms with Gasteiger partial charge in [0, 0.05) is 37.1 Å². The van der Waals surface area contributed by atoms with Crippen LogP contribution >= 0.6 is 0 Å². The Bertz CT molecular complexity index is 1120. The van der Waals surface area contributed by atoms with Gasteiger partial charge in [0.25, 0.3) is 0 Å². The molecule has 2 aliphatic rings. The number of fused-ring (bicyclic) bond motifs is 1. The molecule has 1 unspecified atom stereocenters. The lowest BCUT2D eigenvalue weighted by molar-refractivity contribution is 0.0601. The summed E-state index contributed by atoms with van der Waals surface area (Å²) in [7, 11) is 3.54. The molecule has 2 aromatic carbocycles. The number of ether oxygens (including phenoxy) is 1. The second kappa shape index (κ2) is 8.65. The fourth-order valence-corrected chi connectivity index (χ4v) is 4.71. The highest BCUT2D eigenvalue weighted by atomic mass is 16.5. The lowest BCUT2D eigenvalue weighted by Crippen LogP contribution is -2.14. The molecule has 2 aliphatic carbocycles. The Balaban J connectivity index is 1.28. The first-order valence-electron chi connectivity index (χ1n) is 11.4. The van der Waals surface area contributed by atoms with E-state index < -0.39 is 0 Å². The molecule has 5 heteroatoms. The van der Waals surface area contributed by atoms with Crippen molar-refractivity contribution in [2.45, 2.75) is 37.5 Å². The first-order chi connectivity index (χ1) is 15.6. The predicted molar refractivity (Wildman–Crippen MR) is 128 cm³/mol. The standard InChI is InChI=1S/C27H29N3O2/c1-30(22-9-7-19(8-10-22)18-3-4-18)23-11-12-24-20(15-23)5-6-21(24)16-29-26-17-28-14-13-25(26)27(31)32-2/h7-15,17-18,21,29H,3-6,16H2,1-2H3. The van der Waals surface area contributed by atoms with Crippen LogP contribution in [0.2, 0.25) is 0 Å². The minimum Gasteiger partial charge on any atom is -0.465 e. The highest BCUT2D eigenvalue weighted by molar-refractivity contribution is 5.95. The van der Waals surface area contributed by atoms with Gasteiger partial charge in [0.15, 0.2) is 0 Å². The van der Waals surface area contributed by atoms with Gasteiger partial charge in [0.05, 0.1) is 24.6 Å². The smallest absolute Gasteiger partial charge is 0.340 e. The minimum absolute atomic E-state index is 0.348. The molecule has 1 aromatic heterocycles. The molecule has 1 atom stereocenters. The number of pyridine rings is 1. The van der Waals surface area contributed by atoms with Crippen molar-refractivity contribution < 1.29 is 9.53 Å². The number of esters is 1. The molecule has 0 saturated heterocycles. The monoisotopic (exact) mass is 427 g/mol. The predicted octanol–water partition coefficient (Wildman–Crippen LogP) is 5.66. The zero-order valence-electron chi connectivity index (χ0n) is 18.7. The molecule has 32 heavy (non-hydrogen) atoms. The lowest BCUT2D eigenvalue weighted by atomic mass is 10.0. The number of rotatable bonds is 7. The van der Waals surface area contributed by atoms with E-state index in [2.05, 4.69) is 64.7 Å². The summed E-state index contributed by atoms with van der Waals surface area (Å²) in [5.41, 5.74) is 7.95. The van der Waals surface area contributed by atoms with Crippen LogP contribution in [-0.4, -0.2) is 31.7 Å². The molecular formula is C27H29N3O2. The van der Waals surface area contributed by atoms with Crippen molar-refractivity contribution in [3.63, 3.8) is 0 Å². The fourth-order valence-electron chi connectivity index (χ4n) is 4.71. The summed E-state index contributed by atoms with van der Waals surface area (Å²) < 4.78 is 4.89. The van der Waals surface area contributed by atoms with E-state index >= 15 is 0 Å². The maximum absolute atomic E-state index is 12.0. The zero-order chi connectivity index (χ0) is 22.1. The van der Waals surface area contributed by atoms with Crippen LogP contribution in [0.25, 0.3) is 0 Å². The van der Waals surface area contributed by atoms with Crippen molar-refractivity contribution in [2.24, 2.45) is 0 Å². The van der Waals surface area contributed by atoms with Crippen molar-refractivity contribution in [1.82, 2.24) is 4.98 Å². The molecule has 1 saturated carbocycles. The first-order valence-corrected chi connectivity index (χ1v) is 11.4. The van der Waals surface area contributed by atoms with Crippen LogP contribution in [0, 0.1) is 0 Å². The Hall–Kier alpha value is -3.34. The molecule has 0 spiro atoms. The largest absolute Gasteiger partial charge is 0.465 e. The van der Waals surface area contributed by atoms with E-state index in [1.54, 1.807) is 18.5 Å². The number of anilines is 3. The molecule has 5 nitrogen and oxygen atoms in total. The van der Waals surface area contributed by atoms with E-state index in [0.29, 0.717) is 11.5 Å². The van der Waals surface area contributed by atoms with Crippen molar-refractivity contribution >= 4 is 23.0 Å². The fraction of sp³-hybridized carbons (Fsp3) is 0.333. The quantitative estimate of drug-likeness (QED) is 0.494. The molecule has 1 N–H and O–H groups in total. The van der Waals surface area contributed by atoms with Gasteiger partial charge in [0.1, 0.15) is 0 Å². The van der Waals surface area contributed by atoms with Crippen molar-refractivity contribution in [3.05, 3.63) is 83.2 Å². The number of benzene rings is 2. The summed E-state index contributed by atoms with van der Waals surface area (Å²) in [6, 6.07) is 17.5. The summed E-state index contributed by atoms with van der Waals surface area (Å²) in [6.07, 6.45) is 8.14. The van der Waals surface area contributed by atoms with E-state index in [-0.39, 0.29) is 5.97 Å². The molecule has 5 rings (SSSR count). The Morgan fingerprint density at radius 1 is 1.09 bits per heavy atom. The molecule has 0 bridgehead atoms. The third-order valence-electron chi connectivity index (χ3n) is 6.81. The molecule has 1 fully saturated rings. The summed E-state index contributed by atoms with van der Waals surface area (Å²) in [5.74, 6) is 0.850. The Kier molecular flexibility index (Phi) is 5.56. The summed E-state index contributed by atoms with van der Waals surface area (Å²) >= 11 is 0. The zero-order valence-corrected chi connectivity index (χ0v) is 18.7. The molecular weight excluding hydrogens is 398 g/mol. The molecule has 164 valence electrons. The van der Waals surface area contributed by atoms with Gasteiger partial charge in [-0.1, -0.05) is 18.2 Å². The van der Waals surface area contributed by atoms with Gasteiger partial charge in [0.2, 0.25) is 0 Å². The van der Waals surface area contributed by atoms with E-state index in [4.69, 9.17) is 4.74 Å². The third kappa shape index (κ3) is 4.07. The van der Waals surface area contributed by atoms with E-state index in [0.717, 1.165) is 31.0 Å². The number of carbonyl (C=O) groups excluding carboxylic acids is 1. The number of carbonyl (C=O) groups is 1. The summed E-state index contributed by atoms with van der Waals surface area (Å²) in [4.78, 5) is 18.4. The first kappa shape index (κ1) is 20.6. The van der Waals surface area contributed by atoms with Gasteiger partial charge >= 0.3 is 5.97 Å². The number of hydrogen-bond acceptors (Lipinski definition) is 5. The van der Waals surface area contributed by atoms with Crippen LogP contribution in [0.5, 0.6) is 0 Å². The molecule has 3 aromatic rings. The van der Waals surface area contributed by atoms with E-state index in [9.17, 15) is 4.79 Å². The van der Waals surface area contributed by atoms with Crippen LogP contribution in [0.4, 0.5) is 17.1 Å².